The number of hydrogen-bond acceptors (Lipinski definition) is 1. The van der Waals surface area contributed by atoms with Crippen LogP contribution in [0.2, 0.25) is 0 Å². The maximum Gasteiger partial charge on any atom is 0.225 e. The van der Waals surface area contributed by atoms with Crippen LogP contribution in [0.25, 0.3) is 0 Å². The standard InChI is InChI=1S/C13H25NO/c1-9(2)11-7-6-8-12(11)14(5)13(15)10(3)4/h9-12H,6-8H2,1-5H3. The molecule has 2 heteroatoms. The zero-order valence-electron chi connectivity index (χ0n) is 10.8. The molecule has 0 saturated heterocycles. The van der Waals surface area contributed by atoms with Crippen molar-refractivity contribution in [2.75, 3.05) is 7.05 Å². The molecular weight excluding hydrogens is 186 g/mol. The van der Waals surface area contributed by atoms with E-state index in [0.29, 0.717) is 23.8 Å². The molecular formula is C13H25NO. The van der Waals surface area contributed by atoms with E-state index in [2.05, 4.69) is 13.8 Å². The van der Waals surface area contributed by atoms with Gasteiger partial charge in [0.2, 0.25) is 5.91 Å². The molecule has 1 aliphatic carbocycles. The Hall–Kier alpha value is -0.530. The van der Waals surface area contributed by atoms with Crippen molar-refractivity contribution in [2.24, 2.45) is 17.8 Å². The van der Waals surface area contributed by atoms with Crippen LogP contribution in [0.5, 0.6) is 0 Å². The first-order chi connectivity index (χ1) is 6.95. The lowest BCUT2D eigenvalue weighted by Crippen LogP contribution is -2.42. The van der Waals surface area contributed by atoms with Crippen molar-refractivity contribution in [2.45, 2.75) is 53.0 Å². The van der Waals surface area contributed by atoms with E-state index in [9.17, 15) is 4.79 Å². The Morgan fingerprint density at radius 2 is 1.80 bits per heavy atom. The molecule has 1 saturated carbocycles. The minimum absolute atomic E-state index is 0.128. The SMILES string of the molecule is CC(C)C(=O)N(C)C1CCCC1C(C)C. The Labute approximate surface area is 94.0 Å². The van der Waals surface area contributed by atoms with Gasteiger partial charge in [-0.1, -0.05) is 34.1 Å². The average Bonchev–Trinajstić information content (AvgIpc) is 2.63. The summed E-state index contributed by atoms with van der Waals surface area (Å²) in [6.07, 6.45) is 3.76. The lowest BCUT2D eigenvalue weighted by molar-refractivity contribution is -0.136. The highest BCUT2D eigenvalue weighted by Gasteiger charge is 2.34. The summed E-state index contributed by atoms with van der Waals surface area (Å²) in [7, 11) is 1.98. The number of hydrogen-bond donors (Lipinski definition) is 0. The van der Waals surface area contributed by atoms with Gasteiger partial charge in [0, 0.05) is 19.0 Å². The summed E-state index contributed by atoms with van der Waals surface area (Å²) < 4.78 is 0. The van der Waals surface area contributed by atoms with Crippen molar-refractivity contribution < 1.29 is 4.79 Å². The van der Waals surface area contributed by atoms with Crippen molar-refractivity contribution in [1.82, 2.24) is 4.90 Å². The lowest BCUT2D eigenvalue weighted by Gasteiger charge is -2.33. The molecule has 1 amide bonds. The third-order valence-corrected chi connectivity index (χ3v) is 3.73. The number of carbonyl (C=O) groups excluding carboxylic acids is 1. The molecule has 0 N–H and O–H groups in total. The highest BCUT2D eigenvalue weighted by atomic mass is 16.2. The molecule has 15 heavy (non-hydrogen) atoms. The molecule has 2 unspecified atom stereocenters. The van der Waals surface area contributed by atoms with E-state index >= 15 is 0 Å². The van der Waals surface area contributed by atoms with E-state index in [1.54, 1.807) is 0 Å². The van der Waals surface area contributed by atoms with Crippen molar-refractivity contribution in [1.29, 1.82) is 0 Å². The molecule has 0 aliphatic heterocycles. The van der Waals surface area contributed by atoms with E-state index < -0.39 is 0 Å². The van der Waals surface area contributed by atoms with E-state index in [0.717, 1.165) is 0 Å². The second-order valence-electron chi connectivity index (χ2n) is 5.51. The van der Waals surface area contributed by atoms with Gasteiger partial charge in [0.25, 0.3) is 0 Å². The van der Waals surface area contributed by atoms with Gasteiger partial charge in [-0.25, -0.2) is 0 Å². The van der Waals surface area contributed by atoms with Gasteiger partial charge in [0.1, 0.15) is 0 Å². The van der Waals surface area contributed by atoms with Gasteiger partial charge < -0.3 is 4.90 Å². The molecule has 0 aromatic heterocycles. The Morgan fingerprint density at radius 1 is 1.20 bits per heavy atom. The van der Waals surface area contributed by atoms with Gasteiger partial charge in [-0.3, -0.25) is 4.79 Å². The molecule has 1 fully saturated rings. The molecule has 0 aromatic carbocycles. The maximum absolute atomic E-state index is 11.9. The van der Waals surface area contributed by atoms with E-state index in [1.807, 2.05) is 25.8 Å². The minimum Gasteiger partial charge on any atom is -0.342 e. The number of carbonyl (C=O) groups is 1. The van der Waals surface area contributed by atoms with Gasteiger partial charge in [-0.15, -0.1) is 0 Å². The Balaban J connectivity index is 2.66. The van der Waals surface area contributed by atoms with Gasteiger partial charge in [0.05, 0.1) is 0 Å². The molecule has 0 bridgehead atoms. The second-order valence-corrected chi connectivity index (χ2v) is 5.51. The molecule has 1 aliphatic rings. The molecule has 2 nitrogen and oxygen atoms in total. The van der Waals surface area contributed by atoms with Crippen LogP contribution >= 0.6 is 0 Å². The zero-order chi connectivity index (χ0) is 11.6. The quantitative estimate of drug-likeness (QED) is 0.703. The van der Waals surface area contributed by atoms with Crippen LogP contribution in [0, 0.1) is 17.8 Å². The average molecular weight is 211 g/mol. The summed E-state index contributed by atoms with van der Waals surface area (Å²) in [6.45, 7) is 8.52. The summed E-state index contributed by atoms with van der Waals surface area (Å²) in [4.78, 5) is 13.9. The molecule has 0 radical (unpaired) electrons. The summed E-state index contributed by atoms with van der Waals surface area (Å²) in [6, 6.07) is 0.486. The minimum atomic E-state index is 0.128. The Kier molecular flexibility index (Phi) is 4.18. The fraction of sp³-hybridized carbons (Fsp3) is 0.923. The normalized spacial score (nSPS) is 26.3. The van der Waals surface area contributed by atoms with Crippen LogP contribution in [0.1, 0.15) is 47.0 Å². The van der Waals surface area contributed by atoms with Crippen molar-refractivity contribution in [3.8, 4) is 0 Å². The summed E-state index contributed by atoms with van der Waals surface area (Å²) in [5, 5.41) is 0. The molecule has 88 valence electrons. The van der Waals surface area contributed by atoms with Crippen molar-refractivity contribution >= 4 is 5.91 Å². The van der Waals surface area contributed by atoms with Crippen LogP contribution in [0.3, 0.4) is 0 Å². The van der Waals surface area contributed by atoms with Gasteiger partial charge >= 0.3 is 0 Å². The largest absolute Gasteiger partial charge is 0.342 e. The molecule has 1 rings (SSSR count). The van der Waals surface area contributed by atoms with E-state index in [-0.39, 0.29) is 5.92 Å². The Morgan fingerprint density at radius 3 is 2.27 bits per heavy atom. The van der Waals surface area contributed by atoms with Crippen LogP contribution in [-0.4, -0.2) is 23.9 Å². The van der Waals surface area contributed by atoms with Gasteiger partial charge in [0.15, 0.2) is 0 Å². The maximum atomic E-state index is 11.9. The first-order valence-electron chi connectivity index (χ1n) is 6.21. The first kappa shape index (κ1) is 12.5. The monoisotopic (exact) mass is 211 g/mol. The van der Waals surface area contributed by atoms with E-state index in [1.165, 1.54) is 19.3 Å². The molecule has 0 heterocycles. The smallest absolute Gasteiger partial charge is 0.225 e. The number of amides is 1. The predicted octanol–water partition coefficient (Wildman–Crippen LogP) is 2.93. The zero-order valence-corrected chi connectivity index (χ0v) is 10.8. The van der Waals surface area contributed by atoms with Crippen LogP contribution in [0.15, 0.2) is 0 Å². The van der Waals surface area contributed by atoms with E-state index in [4.69, 9.17) is 0 Å². The summed E-state index contributed by atoms with van der Waals surface area (Å²) in [5.41, 5.74) is 0. The lowest BCUT2D eigenvalue weighted by atomic mass is 9.90. The van der Waals surface area contributed by atoms with Gasteiger partial charge in [-0.2, -0.15) is 0 Å². The third-order valence-electron chi connectivity index (χ3n) is 3.73. The fourth-order valence-electron chi connectivity index (χ4n) is 2.80. The molecule has 0 aromatic rings. The molecule has 2 atom stereocenters. The van der Waals surface area contributed by atoms with Crippen molar-refractivity contribution in [3.05, 3.63) is 0 Å². The first-order valence-corrected chi connectivity index (χ1v) is 6.21. The fourth-order valence-corrected chi connectivity index (χ4v) is 2.80. The van der Waals surface area contributed by atoms with Gasteiger partial charge in [-0.05, 0) is 24.7 Å². The highest BCUT2D eigenvalue weighted by Crippen LogP contribution is 2.34. The Bertz CT molecular complexity index is 223. The van der Waals surface area contributed by atoms with Crippen molar-refractivity contribution in [3.63, 3.8) is 0 Å². The van der Waals surface area contributed by atoms with Crippen LogP contribution in [-0.2, 0) is 4.79 Å². The predicted molar refractivity (Wildman–Crippen MR) is 63.6 cm³/mol. The van der Waals surface area contributed by atoms with Crippen LogP contribution in [0.4, 0.5) is 0 Å². The number of rotatable bonds is 3. The highest BCUT2D eigenvalue weighted by molar-refractivity contribution is 5.78. The number of nitrogens with zero attached hydrogens (tertiary/aromatic N) is 1. The second kappa shape index (κ2) is 5.00. The topological polar surface area (TPSA) is 20.3 Å². The molecule has 0 spiro atoms. The summed E-state index contributed by atoms with van der Waals surface area (Å²) >= 11 is 0. The summed E-state index contributed by atoms with van der Waals surface area (Å²) in [5.74, 6) is 1.83. The third kappa shape index (κ3) is 2.73. The van der Waals surface area contributed by atoms with Crippen LogP contribution < -0.4 is 0 Å².